The van der Waals surface area contributed by atoms with Crippen LogP contribution in [-0.4, -0.2) is 34.5 Å². The normalized spacial score (nSPS) is 18.1. The summed E-state index contributed by atoms with van der Waals surface area (Å²) in [7, 11) is 0. The molecule has 1 saturated heterocycles. The molecule has 4 heteroatoms. The molecule has 0 unspecified atom stereocenters. The molecule has 1 fully saturated rings. The molecule has 2 aromatic carbocycles. The molecule has 1 aliphatic heterocycles. The van der Waals surface area contributed by atoms with Crippen molar-refractivity contribution in [3.05, 3.63) is 48.0 Å². The maximum Gasteiger partial charge on any atom is 0.326 e. The van der Waals surface area contributed by atoms with E-state index in [2.05, 4.69) is 0 Å². The number of aliphatic carboxylic acids is 1. The van der Waals surface area contributed by atoms with Gasteiger partial charge in [-0.05, 0) is 29.2 Å². The number of likely N-dealkylation sites (tertiary alicyclic amines) is 1. The smallest absolute Gasteiger partial charge is 0.326 e. The van der Waals surface area contributed by atoms with Gasteiger partial charge < -0.3 is 10.0 Å². The van der Waals surface area contributed by atoms with Crippen molar-refractivity contribution in [1.82, 2.24) is 4.90 Å². The van der Waals surface area contributed by atoms with E-state index in [0.29, 0.717) is 13.0 Å². The fourth-order valence-corrected chi connectivity index (χ4v) is 3.03. The summed E-state index contributed by atoms with van der Waals surface area (Å²) >= 11 is 0. The highest BCUT2D eigenvalue weighted by molar-refractivity contribution is 5.91. The summed E-state index contributed by atoms with van der Waals surface area (Å²) in [5.41, 5.74) is 0.953. The van der Waals surface area contributed by atoms with Crippen LogP contribution in [-0.2, 0) is 16.0 Å². The summed E-state index contributed by atoms with van der Waals surface area (Å²) in [6.45, 7) is 0.542. The lowest BCUT2D eigenvalue weighted by Gasteiger charge is -2.21. The molecule has 4 nitrogen and oxygen atoms in total. The molecule has 21 heavy (non-hydrogen) atoms. The number of carboxylic acids is 1. The molecular weight excluding hydrogens is 266 g/mol. The Hall–Kier alpha value is -2.36. The van der Waals surface area contributed by atoms with Crippen LogP contribution in [0.5, 0.6) is 0 Å². The number of carbonyl (C=O) groups excluding carboxylic acids is 1. The number of hydrogen-bond donors (Lipinski definition) is 1. The molecule has 0 saturated carbocycles. The third-order valence-corrected chi connectivity index (χ3v) is 4.08. The van der Waals surface area contributed by atoms with Crippen molar-refractivity contribution in [2.75, 3.05) is 6.54 Å². The molecule has 0 aromatic heterocycles. The van der Waals surface area contributed by atoms with Gasteiger partial charge in [-0.3, -0.25) is 4.79 Å². The molecule has 1 amide bonds. The second-order valence-corrected chi connectivity index (χ2v) is 5.40. The Morgan fingerprint density at radius 2 is 1.90 bits per heavy atom. The van der Waals surface area contributed by atoms with E-state index >= 15 is 0 Å². The van der Waals surface area contributed by atoms with Crippen molar-refractivity contribution in [2.24, 2.45) is 0 Å². The van der Waals surface area contributed by atoms with Gasteiger partial charge in [-0.25, -0.2) is 4.79 Å². The van der Waals surface area contributed by atoms with Crippen molar-refractivity contribution in [3.8, 4) is 0 Å². The third-order valence-electron chi connectivity index (χ3n) is 4.08. The molecular formula is C17H17NO3. The maximum absolute atomic E-state index is 12.4. The van der Waals surface area contributed by atoms with Crippen LogP contribution in [0.15, 0.2) is 42.5 Å². The summed E-state index contributed by atoms with van der Waals surface area (Å²) in [6, 6.07) is 13.2. The van der Waals surface area contributed by atoms with E-state index in [9.17, 15) is 14.7 Å². The Kier molecular flexibility index (Phi) is 3.60. The minimum Gasteiger partial charge on any atom is -0.480 e. The largest absolute Gasteiger partial charge is 0.480 e. The van der Waals surface area contributed by atoms with E-state index in [4.69, 9.17) is 0 Å². The lowest BCUT2D eigenvalue weighted by Crippen LogP contribution is -2.41. The molecule has 0 aliphatic carbocycles. The average Bonchev–Trinajstić information content (AvgIpc) is 2.97. The minimum absolute atomic E-state index is 0.101. The predicted octanol–water partition coefficient (Wildman–Crippen LogP) is 2.46. The van der Waals surface area contributed by atoms with Gasteiger partial charge in [0.1, 0.15) is 6.04 Å². The predicted molar refractivity (Wildman–Crippen MR) is 80.0 cm³/mol. The van der Waals surface area contributed by atoms with Crippen LogP contribution < -0.4 is 0 Å². The summed E-state index contributed by atoms with van der Waals surface area (Å²) < 4.78 is 0. The molecule has 0 bridgehead atoms. The highest BCUT2D eigenvalue weighted by Crippen LogP contribution is 2.22. The first kappa shape index (κ1) is 13.6. The Balaban J connectivity index is 1.85. The van der Waals surface area contributed by atoms with Gasteiger partial charge in [-0.1, -0.05) is 42.5 Å². The topological polar surface area (TPSA) is 57.6 Å². The zero-order valence-electron chi connectivity index (χ0n) is 11.7. The number of amides is 1. The zero-order chi connectivity index (χ0) is 14.8. The number of rotatable bonds is 3. The molecule has 0 radical (unpaired) electrons. The summed E-state index contributed by atoms with van der Waals surface area (Å²) in [4.78, 5) is 25.1. The van der Waals surface area contributed by atoms with Gasteiger partial charge in [0, 0.05) is 6.54 Å². The van der Waals surface area contributed by atoms with E-state index in [1.807, 2.05) is 42.5 Å². The second kappa shape index (κ2) is 5.56. The first-order valence-electron chi connectivity index (χ1n) is 7.16. The highest BCUT2D eigenvalue weighted by Gasteiger charge is 2.33. The monoisotopic (exact) mass is 283 g/mol. The first-order chi connectivity index (χ1) is 10.2. The third kappa shape index (κ3) is 2.61. The summed E-state index contributed by atoms with van der Waals surface area (Å²) in [5.74, 6) is -1.00. The fraction of sp³-hybridized carbons (Fsp3) is 0.294. The zero-order valence-corrected chi connectivity index (χ0v) is 11.7. The standard InChI is InChI=1S/C17H17NO3/c19-16(18-10-4-9-15(18)17(20)21)11-13-7-3-6-12-5-1-2-8-14(12)13/h1-3,5-8,15H,4,9-11H2,(H,20,21)/t15-/m1/s1. The van der Waals surface area contributed by atoms with Crippen molar-refractivity contribution >= 4 is 22.6 Å². The average molecular weight is 283 g/mol. The second-order valence-electron chi connectivity index (χ2n) is 5.40. The van der Waals surface area contributed by atoms with Crippen molar-refractivity contribution in [1.29, 1.82) is 0 Å². The minimum atomic E-state index is -0.904. The van der Waals surface area contributed by atoms with E-state index in [1.165, 1.54) is 4.90 Å². The van der Waals surface area contributed by atoms with Crippen LogP contribution in [0.25, 0.3) is 10.8 Å². The molecule has 1 aliphatic rings. The number of carbonyl (C=O) groups is 2. The van der Waals surface area contributed by atoms with Gasteiger partial charge in [-0.15, -0.1) is 0 Å². The van der Waals surface area contributed by atoms with E-state index in [0.717, 1.165) is 22.8 Å². The van der Waals surface area contributed by atoms with Crippen LogP contribution in [0.4, 0.5) is 0 Å². The SMILES string of the molecule is O=C(O)[C@H]1CCCN1C(=O)Cc1cccc2ccccc12. The Morgan fingerprint density at radius 3 is 2.71 bits per heavy atom. The number of nitrogens with zero attached hydrogens (tertiary/aromatic N) is 1. The van der Waals surface area contributed by atoms with Gasteiger partial charge in [0.25, 0.3) is 0 Å². The molecule has 2 aromatic rings. The van der Waals surface area contributed by atoms with Gasteiger partial charge >= 0.3 is 5.97 Å². The molecule has 1 atom stereocenters. The van der Waals surface area contributed by atoms with Crippen LogP contribution >= 0.6 is 0 Å². The van der Waals surface area contributed by atoms with Gasteiger partial charge in [0.15, 0.2) is 0 Å². The number of hydrogen-bond acceptors (Lipinski definition) is 2. The number of benzene rings is 2. The summed E-state index contributed by atoms with van der Waals surface area (Å²) in [5, 5.41) is 11.3. The Labute approximate surface area is 123 Å². The van der Waals surface area contributed by atoms with E-state index in [1.54, 1.807) is 0 Å². The quantitative estimate of drug-likeness (QED) is 0.941. The first-order valence-corrected chi connectivity index (χ1v) is 7.16. The van der Waals surface area contributed by atoms with Crippen molar-refractivity contribution in [2.45, 2.75) is 25.3 Å². The van der Waals surface area contributed by atoms with Crippen LogP contribution in [0.1, 0.15) is 18.4 Å². The van der Waals surface area contributed by atoms with Crippen molar-refractivity contribution < 1.29 is 14.7 Å². The number of carboxylic acid groups (broad SMARTS) is 1. The van der Waals surface area contributed by atoms with Gasteiger partial charge in [0.2, 0.25) is 5.91 Å². The molecule has 108 valence electrons. The van der Waals surface area contributed by atoms with Gasteiger partial charge in [0.05, 0.1) is 6.42 Å². The Bertz CT molecular complexity index is 690. The molecule has 1 heterocycles. The molecule has 3 rings (SSSR count). The van der Waals surface area contributed by atoms with Crippen molar-refractivity contribution in [3.63, 3.8) is 0 Å². The molecule has 0 spiro atoms. The highest BCUT2D eigenvalue weighted by atomic mass is 16.4. The number of fused-ring (bicyclic) bond motifs is 1. The maximum atomic E-state index is 12.4. The summed E-state index contributed by atoms with van der Waals surface area (Å²) in [6.07, 6.45) is 1.57. The van der Waals surface area contributed by atoms with Gasteiger partial charge in [-0.2, -0.15) is 0 Å². The molecule has 1 N–H and O–H groups in total. The van der Waals surface area contributed by atoms with Crippen LogP contribution in [0.3, 0.4) is 0 Å². The lowest BCUT2D eigenvalue weighted by molar-refractivity contribution is -0.147. The fourth-order valence-electron chi connectivity index (χ4n) is 3.03. The van der Waals surface area contributed by atoms with Crippen LogP contribution in [0.2, 0.25) is 0 Å². The van der Waals surface area contributed by atoms with E-state index in [-0.39, 0.29) is 12.3 Å². The lowest BCUT2D eigenvalue weighted by atomic mass is 10.0. The Morgan fingerprint density at radius 1 is 1.14 bits per heavy atom. The van der Waals surface area contributed by atoms with Crippen LogP contribution in [0, 0.1) is 0 Å². The van der Waals surface area contributed by atoms with E-state index < -0.39 is 12.0 Å².